The Bertz CT molecular complexity index is 895. The van der Waals surface area contributed by atoms with Crippen molar-refractivity contribution in [1.82, 2.24) is 19.6 Å². The lowest BCUT2D eigenvalue weighted by atomic mass is 10.2. The summed E-state index contributed by atoms with van der Waals surface area (Å²) in [6.07, 6.45) is 6.74. The number of halogens is 1. The molecule has 0 radical (unpaired) electrons. The van der Waals surface area contributed by atoms with Crippen LogP contribution in [0.15, 0.2) is 42.9 Å². The molecule has 1 N–H and O–H groups in total. The maximum Gasteiger partial charge on any atom is 0.247 e. The molecule has 1 atom stereocenters. The van der Waals surface area contributed by atoms with Crippen LogP contribution < -0.4 is 10.2 Å². The highest BCUT2D eigenvalue weighted by molar-refractivity contribution is 6.29. The molecule has 3 aromatic rings. The standard InChI is InChI=1S/C16H15ClN6O/c17-13-10-11(3-6-18-13)21-16(24)12-2-1-9-22(12)15-5-7-19-14-4-8-20-23(14)15/h3-8,10,12H,1-2,9H2,(H,18,21,24)/t12-/m0/s1. The summed E-state index contributed by atoms with van der Waals surface area (Å²) in [5.41, 5.74) is 1.41. The Hall–Kier alpha value is -2.67. The van der Waals surface area contributed by atoms with E-state index in [0.717, 1.165) is 30.9 Å². The first kappa shape index (κ1) is 14.9. The number of amides is 1. The fourth-order valence-electron chi connectivity index (χ4n) is 3.06. The molecule has 7 nitrogen and oxygen atoms in total. The van der Waals surface area contributed by atoms with Gasteiger partial charge in [0.15, 0.2) is 5.65 Å². The highest BCUT2D eigenvalue weighted by atomic mass is 35.5. The van der Waals surface area contributed by atoms with Gasteiger partial charge in [-0.05, 0) is 31.0 Å². The molecular weight excluding hydrogens is 328 g/mol. The van der Waals surface area contributed by atoms with E-state index in [9.17, 15) is 4.79 Å². The summed E-state index contributed by atoms with van der Waals surface area (Å²) in [6, 6.07) is 6.83. The normalized spacial score (nSPS) is 17.4. The van der Waals surface area contributed by atoms with E-state index in [1.54, 1.807) is 35.2 Å². The Morgan fingerprint density at radius 3 is 2.96 bits per heavy atom. The molecule has 0 spiro atoms. The molecule has 1 fully saturated rings. The third kappa shape index (κ3) is 2.67. The molecule has 0 saturated carbocycles. The molecule has 122 valence electrons. The lowest BCUT2D eigenvalue weighted by Gasteiger charge is -2.26. The first-order valence-electron chi connectivity index (χ1n) is 7.70. The van der Waals surface area contributed by atoms with Crippen LogP contribution in [0, 0.1) is 0 Å². The topological polar surface area (TPSA) is 75.4 Å². The number of rotatable bonds is 3. The zero-order valence-corrected chi connectivity index (χ0v) is 13.5. The van der Waals surface area contributed by atoms with Crippen molar-refractivity contribution in [2.75, 3.05) is 16.8 Å². The summed E-state index contributed by atoms with van der Waals surface area (Å²) < 4.78 is 1.76. The molecule has 4 heterocycles. The zero-order chi connectivity index (χ0) is 16.5. The first-order chi connectivity index (χ1) is 11.7. The molecule has 0 unspecified atom stereocenters. The van der Waals surface area contributed by atoms with Gasteiger partial charge < -0.3 is 10.2 Å². The Morgan fingerprint density at radius 2 is 2.08 bits per heavy atom. The van der Waals surface area contributed by atoms with Crippen LogP contribution in [-0.4, -0.2) is 38.1 Å². The zero-order valence-electron chi connectivity index (χ0n) is 12.8. The van der Waals surface area contributed by atoms with Gasteiger partial charge in [0, 0.05) is 30.7 Å². The second-order valence-electron chi connectivity index (χ2n) is 5.61. The molecule has 24 heavy (non-hydrogen) atoms. The third-order valence-corrected chi connectivity index (χ3v) is 4.32. The second-order valence-corrected chi connectivity index (χ2v) is 6.00. The number of pyridine rings is 1. The lowest BCUT2D eigenvalue weighted by Crippen LogP contribution is -2.40. The molecule has 0 aromatic carbocycles. The number of aromatic nitrogens is 4. The third-order valence-electron chi connectivity index (χ3n) is 4.11. The molecule has 1 amide bonds. The molecule has 8 heteroatoms. The van der Waals surface area contributed by atoms with E-state index in [1.807, 2.05) is 12.1 Å². The highest BCUT2D eigenvalue weighted by Crippen LogP contribution is 2.26. The fourth-order valence-corrected chi connectivity index (χ4v) is 3.23. The van der Waals surface area contributed by atoms with Crippen molar-refractivity contribution in [2.45, 2.75) is 18.9 Å². The predicted molar refractivity (Wildman–Crippen MR) is 91.2 cm³/mol. The van der Waals surface area contributed by atoms with Gasteiger partial charge in [-0.15, -0.1) is 0 Å². The Kier molecular flexibility index (Phi) is 3.78. The van der Waals surface area contributed by atoms with Gasteiger partial charge in [0.05, 0.1) is 6.20 Å². The van der Waals surface area contributed by atoms with Gasteiger partial charge in [-0.2, -0.15) is 9.61 Å². The largest absolute Gasteiger partial charge is 0.344 e. The second kappa shape index (κ2) is 6.09. The average Bonchev–Trinajstić information content (AvgIpc) is 3.23. The number of nitrogens with zero attached hydrogens (tertiary/aromatic N) is 5. The first-order valence-corrected chi connectivity index (χ1v) is 8.08. The molecule has 0 bridgehead atoms. The summed E-state index contributed by atoms with van der Waals surface area (Å²) >= 11 is 5.87. The number of carbonyl (C=O) groups excluding carboxylic acids is 1. The van der Waals surface area contributed by atoms with Crippen molar-refractivity contribution in [1.29, 1.82) is 0 Å². The van der Waals surface area contributed by atoms with Crippen LogP contribution in [0.1, 0.15) is 12.8 Å². The molecule has 0 aliphatic carbocycles. The maximum atomic E-state index is 12.7. The number of hydrogen-bond acceptors (Lipinski definition) is 5. The quantitative estimate of drug-likeness (QED) is 0.740. The highest BCUT2D eigenvalue weighted by Gasteiger charge is 2.32. The van der Waals surface area contributed by atoms with Gasteiger partial charge in [0.25, 0.3) is 0 Å². The minimum absolute atomic E-state index is 0.0631. The van der Waals surface area contributed by atoms with E-state index in [1.165, 1.54) is 0 Å². The molecule has 1 aliphatic rings. The van der Waals surface area contributed by atoms with E-state index in [0.29, 0.717) is 10.8 Å². The smallest absolute Gasteiger partial charge is 0.247 e. The number of hydrogen-bond donors (Lipinski definition) is 1. The molecular formula is C16H15ClN6O. The Labute approximate surface area is 143 Å². The molecule has 1 aliphatic heterocycles. The van der Waals surface area contributed by atoms with Crippen molar-refractivity contribution in [3.05, 3.63) is 48.0 Å². The predicted octanol–water partition coefficient (Wildman–Crippen LogP) is 2.39. The summed E-state index contributed by atoms with van der Waals surface area (Å²) in [4.78, 5) is 23.0. The van der Waals surface area contributed by atoms with Gasteiger partial charge in [-0.1, -0.05) is 11.6 Å². The summed E-state index contributed by atoms with van der Waals surface area (Å²) in [5, 5.41) is 7.57. The molecule has 1 saturated heterocycles. The van der Waals surface area contributed by atoms with Crippen molar-refractivity contribution in [3.8, 4) is 0 Å². The van der Waals surface area contributed by atoms with Crippen LogP contribution in [0.2, 0.25) is 5.15 Å². The van der Waals surface area contributed by atoms with E-state index >= 15 is 0 Å². The van der Waals surface area contributed by atoms with Crippen LogP contribution >= 0.6 is 11.6 Å². The Balaban J connectivity index is 1.60. The SMILES string of the molecule is O=C(Nc1ccnc(Cl)c1)[C@@H]1CCCN1c1ccnc2ccnn12. The number of anilines is 2. The van der Waals surface area contributed by atoms with Crippen LogP contribution in [0.3, 0.4) is 0 Å². The van der Waals surface area contributed by atoms with Crippen molar-refractivity contribution in [2.24, 2.45) is 0 Å². The molecule has 4 rings (SSSR count). The van der Waals surface area contributed by atoms with E-state index in [2.05, 4.69) is 25.3 Å². The van der Waals surface area contributed by atoms with Gasteiger partial charge in [-0.25, -0.2) is 9.97 Å². The van der Waals surface area contributed by atoms with E-state index < -0.39 is 0 Å². The van der Waals surface area contributed by atoms with Crippen molar-refractivity contribution >= 4 is 34.7 Å². The van der Waals surface area contributed by atoms with Gasteiger partial charge >= 0.3 is 0 Å². The van der Waals surface area contributed by atoms with Crippen LogP contribution in [0.25, 0.3) is 5.65 Å². The minimum Gasteiger partial charge on any atom is -0.344 e. The lowest BCUT2D eigenvalue weighted by molar-refractivity contribution is -0.117. The van der Waals surface area contributed by atoms with Crippen LogP contribution in [0.5, 0.6) is 0 Å². The van der Waals surface area contributed by atoms with Gasteiger partial charge in [-0.3, -0.25) is 4.79 Å². The van der Waals surface area contributed by atoms with Crippen molar-refractivity contribution in [3.63, 3.8) is 0 Å². The van der Waals surface area contributed by atoms with Gasteiger partial charge in [0.2, 0.25) is 5.91 Å². The summed E-state index contributed by atoms with van der Waals surface area (Å²) in [7, 11) is 0. The number of carbonyl (C=O) groups is 1. The molecule has 3 aromatic heterocycles. The number of fused-ring (bicyclic) bond motifs is 1. The van der Waals surface area contributed by atoms with Crippen LogP contribution in [-0.2, 0) is 4.79 Å². The Morgan fingerprint density at radius 1 is 1.21 bits per heavy atom. The average molecular weight is 343 g/mol. The summed E-state index contributed by atoms with van der Waals surface area (Å²) in [6.45, 7) is 0.800. The van der Waals surface area contributed by atoms with E-state index in [4.69, 9.17) is 11.6 Å². The maximum absolute atomic E-state index is 12.7. The van der Waals surface area contributed by atoms with Gasteiger partial charge in [0.1, 0.15) is 17.0 Å². The fraction of sp³-hybridized carbons (Fsp3) is 0.250. The minimum atomic E-state index is -0.258. The van der Waals surface area contributed by atoms with Crippen LogP contribution in [0.4, 0.5) is 11.5 Å². The monoisotopic (exact) mass is 342 g/mol. The van der Waals surface area contributed by atoms with Crippen molar-refractivity contribution < 1.29 is 4.79 Å². The van der Waals surface area contributed by atoms with E-state index in [-0.39, 0.29) is 11.9 Å². The number of nitrogens with one attached hydrogen (secondary N) is 1. The summed E-state index contributed by atoms with van der Waals surface area (Å²) in [5.74, 6) is 0.808.